The maximum Gasteiger partial charge on any atom is 0.257 e. The number of amides is 1. The van der Waals surface area contributed by atoms with E-state index >= 15 is 0 Å². The molecule has 2 aliphatic heterocycles. The van der Waals surface area contributed by atoms with Gasteiger partial charge in [-0.3, -0.25) is 4.79 Å². The molecule has 0 spiro atoms. The van der Waals surface area contributed by atoms with E-state index in [2.05, 4.69) is 63.8 Å². The van der Waals surface area contributed by atoms with Gasteiger partial charge >= 0.3 is 0 Å². The maximum atomic E-state index is 12.9. The molecule has 0 N–H and O–H groups in total. The van der Waals surface area contributed by atoms with E-state index in [1.54, 1.807) is 12.4 Å². The molecule has 1 aromatic carbocycles. The van der Waals surface area contributed by atoms with Crippen molar-refractivity contribution in [1.29, 1.82) is 0 Å². The van der Waals surface area contributed by atoms with Gasteiger partial charge in [-0.15, -0.1) is 0 Å². The monoisotopic (exact) mass is 394 g/mol. The van der Waals surface area contributed by atoms with Gasteiger partial charge in [-0.25, -0.2) is 9.97 Å². The number of carbonyl (C=O) groups excluding carboxylic acids is 1. The zero-order chi connectivity index (χ0) is 20.4. The van der Waals surface area contributed by atoms with Crippen LogP contribution in [-0.2, 0) is 0 Å². The number of carbonyl (C=O) groups is 1. The Morgan fingerprint density at radius 3 is 2.14 bits per heavy atom. The molecule has 2 aromatic rings. The average molecular weight is 395 g/mol. The fourth-order valence-electron chi connectivity index (χ4n) is 4.01. The first-order chi connectivity index (χ1) is 14.0. The number of aromatic nitrogens is 2. The van der Waals surface area contributed by atoms with Gasteiger partial charge in [0.15, 0.2) is 0 Å². The Labute approximate surface area is 172 Å². The van der Waals surface area contributed by atoms with Crippen LogP contribution in [0.15, 0.2) is 30.6 Å². The number of benzene rings is 1. The minimum absolute atomic E-state index is 0.0236. The van der Waals surface area contributed by atoms with Gasteiger partial charge in [0.05, 0.1) is 5.56 Å². The third-order valence-electron chi connectivity index (χ3n) is 6.15. The van der Waals surface area contributed by atoms with Gasteiger partial charge in [0.25, 0.3) is 5.91 Å². The van der Waals surface area contributed by atoms with Crippen LogP contribution in [-0.4, -0.2) is 85.1 Å². The van der Waals surface area contributed by atoms with Crippen LogP contribution in [0.2, 0.25) is 0 Å². The molecule has 0 bridgehead atoms. The van der Waals surface area contributed by atoms with E-state index in [0.29, 0.717) is 18.7 Å². The second kappa shape index (κ2) is 8.37. The lowest BCUT2D eigenvalue weighted by Gasteiger charge is -2.37. The van der Waals surface area contributed by atoms with Gasteiger partial charge in [-0.1, -0.05) is 12.1 Å². The van der Waals surface area contributed by atoms with Gasteiger partial charge in [-0.2, -0.15) is 0 Å². The van der Waals surface area contributed by atoms with Crippen LogP contribution in [0, 0.1) is 13.8 Å². The minimum Gasteiger partial charge on any atom is -0.368 e. The first kappa shape index (κ1) is 19.6. The largest absolute Gasteiger partial charge is 0.368 e. The highest BCUT2D eigenvalue weighted by atomic mass is 16.2. The van der Waals surface area contributed by atoms with Crippen LogP contribution in [0.25, 0.3) is 0 Å². The van der Waals surface area contributed by atoms with E-state index < -0.39 is 0 Å². The lowest BCUT2D eigenvalue weighted by atomic mass is 10.1. The van der Waals surface area contributed by atoms with Gasteiger partial charge < -0.3 is 19.6 Å². The number of nitrogens with zero attached hydrogens (tertiary/aromatic N) is 6. The average Bonchev–Trinajstić information content (AvgIpc) is 2.76. The smallest absolute Gasteiger partial charge is 0.257 e. The van der Waals surface area contributed by atoms with Gasteiger partial charge in [0.2, 0.25) is 5.95 Å². The third-order valence-corrected chi connectivity index (χ3v) is 6.15. The quantitative estimate of drug-likeness (QED) is 0.791. The van der Waals surface area contributed by atoms with Crippen molar-refractivity contribution >= 4 is 17.5 Å². The topological polar surface area (TPSA) is 55.8 Å². The van der Waals surface area contributed by atoms with Crippen molar-refractivity contribution in [3.05, 3.63) is 47.3 Å². The molecule has 0 saturated carbocycles. The molecule has 4 rings (SSSR count). The molecular formula is C22H30N6O. The summed E-state index contributed by atoms with van der Waals surface area (Å²) in [6, 6.07) is 6.42. The van der Waals surface area contributed by atoms with E-state index in [1.807, 2.05) is 4.90 Å². The van der Waals surface area contributed by atoms with Gasteiger partial charge in [-0.05, 0) is 38.1 Å². The first-order valence-electron chi connectivity index (χ1n) is 10.4. The molecule has 154 valence electrons. The van der Waals surface area contributed by atoms with Crippen molar-refractivity contribution < 1.29 is 4.79 Å². The molecule has 2 saturated heterocycles. The Morgan fingerprint density at radius 1 is 0.862 bits per heavy atom. The predicted octanol–water partition coefficient (Wildman–Crippen LogP) is 1.81. The Bertz CT molecular complexity index is 852. The lowest BCUT2D eigenvalue weighted by Crippen LogP contribution is -2.49. The van der Waals surface area contributed by atoms with Crippen molar-refractivity contribution in [2.75, 3.05) is 69.2 Å². The Morgan fingerprint density at radius 2 is 1.48 bits per heavy atom. The summed E-state index contributed by atoms with van der Waals surface area (Å²) in [5.74, 6) is 0.741. The predicted molar refractivity (Wildman–Crippen MR) is 116 cm³/mol. The maximum absolute atomic E-state index is 12.9. The molecule has 29 heavy (non-hydrogen) atoms. The molecule has 7 heteroatoms. The van der Waals surface area contributed by atoms with Crippen LogP contribution < -0.4 is 9.80 Å². The Balaban J connectivity index is 1.36. The van der Waals surface area contributed by atoms with Gasteiger partial charge in [0.1, 0.15) is 0 Å². The Hall–Kier alpha value is -2.67. The summed E-state index contributed by atoms with van der Waals surface area (Å²) >= 11 is 0. The molecule has 3 heterocycles. The lowest BCUT2D eigenvalue weighted by molar-refractivity contribution is 0.0746. The summed E-state index contributed by atoms with van der Waals surface area (Å²) in [6.07, 6.45) is 3.36. The SMILES string of the molecule is Cc1cccc(N2CCN(C(=O)c3cnc(N4CCN(C)CC4)nc3)CC2)c1C. The zero-order valence-electron chi connectivity index (χ0n) is 17.6. The summed E-state index contributed by atoms with van der Waals surface area (Å²) in [7, 11) is 2.12. The first-order valence-corrected chi connectivity index (χ1v) is 10.4. The van der Waals surface area contributed by atoms with E-state index in [9.17, 15) is 4.79 Å². The van der Waals surface area contributed by atoms with Crippen molar-refractivity contribution in [2.24, 2.45) is 0 Å². The summed E-state index contributed by atoms with van der Waals surface area (Å²) in [6.45, 7) is 11.3. The molecule has 0 unspecified atom stereocenters. The minimum atomic E-state index is 0.0236. The highest BCUT2D eigenvalue weighted by Crippen LogP contribution is 2.24. The highest BCUT2D eigenvalue weighted by Gasteiger charge is 2.24. The molecule has 2 aliphatic rings. The van der Waals surface area contributed by atoms with Crippen molar-refractivity contribution in [3.63, 3.8) is 0 Å². The van der Waals surface area contributed by atoms with E-state index in [4.69, 9.17) is 0 Å². The summed E-state index contributed by atoms with van der Waals surface area (Å²) in [5, 5.41) is 0. The fourth-order valence-corrected chi connectivity index (χ4v) is 4.01. The normalized spacial score (nSPS) is 18.2. The van der Waals surface area contributed by atoms with E-state index in [0.717, 1.165) is 45.2 Å². The molecule has 1 aromatic heterocycles. The summed E-state index contributed by atoms with van der Waals surface area (Å²) in [4.78, 5) is 30.6. The molecular weight excluding hydrogens is 364 g/mol. The molecule has 7 nitrogen and oxygen atoms in total. The fraction of sp³-hybridized carbons (Fsp3) is 0.500. The number of rotatable bonds is 3. The zero-order valence-corrected chi connectivity index (χ0v) is 17.6. The van der Waals surface area contributed by atoms with Crippen molar-refractivity contribution in [1.82, 2.24) is 19.8 Å². The van der Waals surface area contributed by atoms with Crippen LogP contribution in [0.3, 0.4) is 0 Å². The molecule has 2 fully saturated rings. The Kier molecular flexibility index (Phi) is 5.67. The molecule has 1 amide bonds. The number of likely N-dealkylation sites (N-methyl/N-ethyl adjacent to an activating group) is 1. The van der Waals surface area contributed by atoms with Gasteiger partial charge in [0, 0.05) is 70.4 Å². The van der Waals surface area contributed by atoms with Crippen LogP contribution >= 0.6 is 0 Å². The number of anilines is 2. The highest BCUT2D eigenvalue weighted by molar-refractivity contribution is 5.93. The van der Waals surface area contributed by atoms with Crippen LogP contribution in [0.4, 0.5) is 11.6 Å². The molecule has 0 radical (unpaired) electrons. The van der Waals surface area contributed by atoms with E-state index in [-0.39, 0.29) is 5.91 Å². The summed E-state index contributed by atoms with van der Waals surface area (Å²) in [5.41, 5.74) is 4.47. The standard InChI is InChI=1S/C22H30N6O/c1-17-5-4-6-20(18(17)2)26-11-13-27(14-12-26)21(29)19-15-23-22(24-16-19)28-9-7-25(3)8-10-28/h4-6,15-16H,7-14H2,1-3H3. The third kappa shape index (κ3) is 4.19. The van der Waals surface area contributed by atoms with Crippen LogP contribution in [0.1, 0.15) is 21.5 Å². The second-order valence-electron chi connectivity index (χ2n) is 8.06. The summed E-state index contributed by atoms with van der Waals surface area (Å²) < 4.78 is 0. The van der Waals surface area contributed by atoms with E-state index in [1.165, 1.54) is 16.8 Å². The molecule has 0 atom stereocenters. The number of hydrogen-bond acceptors (Lipinski definition) is 6. The second-order valence-corrected chi connectivity index (χ2v) is 8.06. The molecule has 0 aliphatic carbocycles. The number of hydrogen-bond donors (Lipinski definition) is 0. The van der Waals surface area contributed by atoms with Crippen molar-refractivity contribution in [3.8, 4) is 0 Å². The van der Waals surface area contributed by atoms with Crippen LogP contribution in [0.5, 0.6) is 0 Å². The number of piperazine rings is 2. The van der Waals surface area contributed by atoms with Crippen molar-refractivity contribution in [2.45, 2.75) is 13.8 Å². The number of aryl methyl sites for hydroxylation is 1.